The van der Waals surface area contributed by atoms with Gasteiger partial charge in [-0.05, 0) is 30.9 Å². The summed E-state index contributed by atoms with van der Waals surface area (Å²) in [5.41, 5.74) is 2.21. The van der Waals surface area contributed by atoms with Crippen LogP contribution in [0.15, 0.2) is 46.0 Å². The van der Waals surface area contributed by atoms with E-state index in [0.717, 1.165) is 12.2 Å². The third-order valence-electron chi connectivity index (χ3n) is 2.70. The summed E-state index contributed by atoms with van der Waals surface area (Å²) in [7, 11) is 0. The SMILES string of the molecule is CSc1ccc(C(C)NCc2ccon2)cc1. The number of benzene rings is 1. The van der Waals surface area contributed by atoms with Crippen LogP contribution in [0.3, 0.4) is 0 Å². The Balaban J connectivity index is 1.92. The van der Waals surface area contributed by atoms with Crippen molar-refractivity contribution in [2.75, 3.05) is 6.26 Å². The molecule has 0 aliphatic rings. The fraction of sp³-hybridized carbons (Fsp3) is 0.308. The highest BCUT2D eigenvalue weighted by Crippen LogP contribution is 2.19. The van der Waals surface area contributed by atoms with Gasteiger partial charge in [0.05, 0.1) is 5.69 Å². The van der Waals surface area contributed by atoms with Crippen LogP contribution in [0.25, 0.3) is 0 Å². The lowest BCUT2D eigenvalue weighted by Gasteiger charge is -2.13. The maximum absolute atomic E-state index is 4.79. The first-order valence-corrected chi connectivity index (χ1v) is 6.78. The summed E-state index contributed by atoms with van der Waals surface area (Å²) in [6, 6.07) is 10.8. The van der Waals surface area contributed by atoms with Crippen LogP contribution in [-0.2, 0) is 6.54 Å². The van der Waals surface area contributed by atoms with Gasteiger partial charge in [-0.2, -0.15) is 0 Å². The third kappa shape index (κ3) is 3.35. The van der Waals surface area contributed by atoms with E-state index in [1.165, 1.54) is 10.5 Å². The molecule has 0 saturated carbocycles. The van der Waals surface area contributed by atoms with Crippen molar-refractivity contribution >= 4 is 11.8 Å². The normalized spacial score (nSPS) is 12.6. The molecular formula is C13H16N2OS. The van der Waals surface area contributed by atoms with Crippen molar-refractivity contribution in [1.82, 2.24) is 10.5 Å². The predicted octanol–water partition coefficient (Wildman–Crippen LogP) is 3.25. The second kappa shape index (κ2) is 5.89. The Kier molecular flexibility index (Phi) is 4.23. The molecule has 0 amide bonds. The van der Waals surface area contributed by atoms with Gasteiger partial charge in [-0.3, -0.25) is 0 Å². The van der Waals surface area contributed by atoms with Crippen molar-refractivity contribution in [2.24, 2.45) is 0 Å². The first-order valence-electron chi connectivity index (χ1n) is 5.56. The van der Waals surface area contributed by atoms with Gasteiger partial charge < -0.3 is 9.84 Å². The summed E-state index contributed by atoms with van der Waals surface area (Å²) in [6.07, 6.45) is 3.68. The summed E-state index contributed by atoms with van der Waals surface area (Å²) in [6.45, 7) is 2.87. The molecule has 0 saturated heterocycles. The van der Waals surface area contributed by atoms with Crippen LogP contribution in [0.5, 0.6) is 0 Å². The first kappa shape index (κ1) is 12.2. The van der Waals surface area contributed by atoms with E-state index in [9.17, 15) is 0 Å². The zero-order valence-electron chi connectivity index (χ0n) is 10.0. The fourth-order valence-corrected chi connectivity index (χ4v) is 2.01. The zero-order valence-corrected chi connectivity index (χ0v) is 10.8. The molecule has 0 bridgehead atoms. The van der Waals surface area contributed by atoms with Gasteiger partial charge in [0.2, 0.25) is 0 Å². The van der Waals surface area contributed by atoms with Crippen LogP contribution < -0.4 is 5.32 Å². The monoisotopic (exact) mass is 248 g/mol. The minimum Gasteiger partial charge on any atom is -0.364 e. The number of rotatable bonds is 5. The summed E-state index contributed by atoms with van der Waals surface area (Å²) in [5.74, 6) is 0. The Hall–Kier alpha value is -1.26. The van der Waals surface area contributed by atoms with Crippen molar-refractivity contribution in [1.29, 1.82) is 0 Å². The van der Waals surface area contributed by atoms with Gasteiger partial charge in [-0.25, -0.2) is 0 Å². The van der Waals surface area contributed by atoms with Gasteiger partial charge in [0.1, 0.15) is 6.26 Å². The Labute approximate surface area is 106 Å². The van der Waals surface area contributed by atoms with E-state index in [2.05, 4.69) is 47.9 Å². The molecule has 0 radical (unpaired) electrons. The van der Waals surface area contributed by atoms with Crippen LogP contribution in [0.2, 0.25) is 0 Å². The molecule has 0 aliphatic heterocycles. The van der Waals surface area contributed by atoms with Gasteiger partial charge in [-0.15, -0.1) is 11.8 Å². The van der Waals surface area contributed by atoms with Crippen LogP contribution in [0, 0.1) is 0 Å². The Morgan fingerprint density at radius 2 is 2.06 bits per heavy atom. The summed E-state index contributed by atoms with van der Waals surface area (Å²) in [4.78, 5) is 1.29. The molecule has 2 rings (SSSR count). The lowest BCUT2D eigenvalue weighted by atomic mass is 10.1. The summed E-state index contributed by atoms with van der Waals surface area (Å²) in [5, 5.41) is 7.28. The minimum absolute atomic E-state index is 0.308. The van der Waals surface area contributed by atoms with Gasteiger partial charge >= 0.3 is 0 Å². The topological polar surface area (TPSA) is 38.1 Å². The molecule has 1 atom stereocenters. The second-order valence-electron chi connectivity index (χ2n) is 3.87. The van der Waals surface area contributed by atoms with Crippen LogP contribution in [-0.4, -0.2) is 11.4 Å². The molecule has 0 spiro atoms. The van der Waals surface area contributed by atoms with E-state index in [0.29, 0.717) is 6.04 Å². The van der Waals surface area contributed by atoms with Crippen LogP contribution >= 0.6 is 11.8 Å². The third-order valence-corrected chi connectivity index (χ3v) is 3.44. The molecule has 2 aromatic rings. The van der Waals surface area contributed by atoms with E-state index in [1.807, 2.05) is 6.07 Å². The number of nitrogens with one attached hydrogen (secondary N) is 1. The molecule has 4 heteroatoms. The molecular weight excluding hydrogens is 232 g/mol. The molecule has 1 unspecified atom stereocenters. The van der Waals surface area contributed by atoms with Crippen molar-refractivity contribution in [2.45, 2.75) is 24.4 Å². The van der Waals surface area contributed by atoms with Gasteiger partial charge in [0.15, 0.2) is 0 Å². The first-order chi connectivity index (χ1) is 8.29. The highest BCUT2D eigenvalue weighted by Gasteiger charge is 2.05. The molecule has 1 N–H and O–H groups in total. The molecule has 17 heavy (non-hydrogen) atoms. The average Bonchev–Trinajstić information content (AvgIpc) is 2.89. The number of hydrogen-bond donors (Lipinski definition) is 1. The number of nitrogens with zero attached hydrogens (tertiary/aromatic N) is 1. The van der Waals surface area contributed by atoms with E-state index in [1.54, 1.807) is 18.0 Å². The highest BCUT2D eigenvalue weighted by molar-refractivity contribution is 7.98. The van der Waals surface area contributed by atoms with Crippen molar-refractivity contribution < 1.29 is 4.52 Å². The average molecular weight is 248 g/mol. The molecule has 1 aromatic carbocycles. The van der Waals surface area contributed by atoms with Crippen LogP contribution in [0.4, 0.5) is 0 Å². The van der Waals surface area contributed by atoms with Crippen molar-refractivity contribution in [3.63, 3.8) is 0 Å². The lowest BCUT2D eigenvalue weighted by Crippen LogP contribution is -2.18. The number of aromatic nitrogens is 1. The fourth-order valence-electron chi connectivity index (χ4n) is 1.60. The van der Waals surface area contributed by atoms with Crippen molar-refractivity contribution in [3.8, 4) is 0 Å². The van der Waals surface area contributed by atoms with E-state index >= 15 is 0 Å². The molecule has 1 aromatic heterocycles. The number of thioether (sulfide) groups is 1. The summed E-state index contributed by atoms with van der Waals surface area (Å²) < 4.78 is 4.79. The predicted molar refractivity (Wildman–Crippen MR) is 70.0 cm³/mol. The maximum atomic E-state index is 4.79. The van der Waals surface area contributed by atoms with Gasteiger partial charge in [0.25, 0.3) is 0 Å². The standard InChI is InChI=1S/C13H16N2OS/c1-10(14-9-12-7-8-16-15-12)11-3-5-13(17-2)6-4-11/h3-8,10,14H,9H2,1-2H3. The molecule has 90 valence electrons. The highest BCUT2D eigenvalue weighted by atomic mass is 32.2. The summed E-state index contributed by atoms with van der Waals surface area (Å²) >= 11 is 1.76. The second-order valence-corrected chi connectivity index (χ2v) is 4.75. The smallest absolute Gasteiger partial charge is 0.124 e. The Morgan fingerprint density at radius 1 is 1.29 bits per heavy atom. The minimum atomic E-state index is 0.308. The van der Waals surface area contributed by atoms with Crippen LogP contribution in [0.1, 0.15) is 24.2 Å². The Morgan fingerprint density at radius 3 is 2.65 bits per heavy atom. The number of hydrogen-bond acceptors (Lipinski definition) is 4. The lowest BCUT2D eigenvalue weighted by molar-refractivity contribution is 0.406. The molecule has 1 heterocycles. The van der Waals surface area contributed by atoms with Gasteiger partial charge in [0, 0.05) is 23.5 Å². The van der Waals surface area contributed by atoms with E-state index in [4.69, 9.17) is 4.52 Å². The molecule has 0 fully saturated rings. The van der Waals surface area contributed by atoms with E-state index in [-0.39, 0.29) is 0 Å². The van der Waals surface area contributed by atoms with E-state index < -0.39 is 0 Å². The largest absolute Gasteiger partial charge is 0.364 e. The molecule has 3 nitrogen and oxygen atoms in total. The zero-order chi connectivity index (χ0) is 12.1. The molecule has 0 aliphatic carbocycles. The maximum Gasteiger partial charge on any atom is 0.124 e. The van der Waals surface area contributed by atoms with Gasteiger partial charge in [-0.1, -0.05) is 17.3 Å². The Bertz CT molecular complexity index is 439. The van der Waals surface area contributed by atoms with Crippen molar-refractivity contribution in [3.05, 3.63) is 47.9 Å². The quantitative estimate of drug-likeness (QED) is 0.824.